The topological polar surface area (TPSA) is 51.6 Å². The molecule has 0 amide bonds. The van der Waals surface area contributed by atoms with E-state index < -0.39 is 0 Å². The Morgan fingerprint density at radius 2 is 0.574 bits per heavy atom. The minimum Gasteiger partial charge on any atom is -0.254 e. The molecule has 0 atom stereocenters. The van der Waals surface area contributed by atoms with Gasteiger partial charge in [-0.15, -0.1) is 0 Å². The standard InChI is InChI=1S/C50H82N4/c1-9-13-17-21-25-29-33-45-41(7)51-47(35-31-27-23-19-15-11-3)49(53-45)43-37-40(6)44(38-39(43)5)50-48(36-32-28-24-20-16-12-4)52-42(8)46(54-50)34-30-26-22-18-14-10-2/h37-38H,9-36H2,1-8H3. The summed E-state index contributed by atoms with van der Waals surface area (Å²) >= 11 is 0. The molecule has 0 N–H and O–H groups in total. The van der Waals surface area contributed by atoms with Crippen molar-refractivity contribution in [2.75, 3.05) is 0 Å². The van der Waals surface area contributed by atoms with E-state index in [9.17, 15) is 0 Å². The number of hydrogen-bond donors (Lipinski definition) is 0. The molecule has 4 heteroatoms. The average molecular weight is 739 g/mol. The van der Waals surface area contributed by atoms with Gasteiger partial charge in [-0.05, 0) is 102 Å². The van der Waals surface area contributed by atoms with Gasteiger partial charge in [0.2, 0.25) is 0 Å². The molecule has 0 aliphatic rings. The van der Waals surface area contributed by atoms with Crippen molar-refractivity contribution in [1.29, 1.82) is 0 Å². The third kappa shape index (κ3) is 15.9. The van der Waals surface area contributed by atoms with Crippen molar-refractivity contribution in [2.45, 2.75) is 235 Å². The quantitative estimate of drug-likeness (QED) is 0.0639. The molecule has 54 heavy (non-hydrogen) atoms. The summed E-state index contributed by atoms with van der Waals surface area (Å²) < 4.78 is 0. The molecule has 3 rings (SSSR count). The Hall–Kier alpha value is -2.62. The molecule has 3 aromatic rings. The minimum atomic E-state index is 1.00. The lowest BCUT2D eigenvalue weighted by atomic mass is 9.92. The van der Waals surface area contributed by atoms with E-state index in [1.807, 2.05) is 0 Å². The molecule has 0 aliphatic heterocycles. The van der Waals surface area contributed by atoms with Crippen LogP contribution in [-0.4, -0.2) is 19.9 Å². The van der Waals surface area contributed by atoms with Gasteiger partial charge in [0, 0.05) is 11.1 Å². The molecule has 2 heterocycles. The lowest BCUT2D eigenvalue weighted by Gasteiger charge is -2.19. The van der Waals surface area contributed by atoms with Gasteiger partial charge in [0.25, 0.3) is 0 Å². The van der Waals surface area contributed by atoms with Gasteiger partial charge in [0.1, 0.15) is 0 Å². The molecule has 4 nitrogen and oxygen atoms in total. The SMILES string of the molecule is CCCCCCCCc1nc(-c2cc(C)c(-c3nc(CCCCCCCC)c(C)nc3CCCCCCCC)cc2C)c(CCCCCCCC)nc1C. The fourth-order valence-electron chi connectivity index (χ4n) is 8.07. The number of nitrogens with zero attached hydrogens (tertiary/aromatic N) is 4. The summed E-state index contributed by atoms with van der Waals surface area (Å²) in [5, 5.41) is 0. The minimum absolute atomic E-state index is 1.00. The van der Waals surface area contributed by atoms with Crippen molar-refractivity contribution in [1.82, 2.24) is 19.9 Å². The van der Waals surface area contributed by atoms with E-state index in [0.717, 1.165) is 48.5 Å². The first-order chi connectivity index (χ1) is 26.3. The molecule has 0 saturated heterocycles. The van der Waals surface area contributed by atoms with Crippen LogP contribution in [0.25, 0.3) is 22.5 Å². The summed E-state index contributed by atoms with van der Waals surface area (Å²) in [5.41, 5.74) is 14.3. The van der Waals surface area contributed by atoms with Crippen LogP contribution in [0.5, 0.6) is 0 Å². The summed E-state index contributed by atoms with van der Waals surface area (Å²) in [4.78, 5) is 21.6. The Balaban J connectivity index is 1.97. The summed E-state index contributed by atoms with van der Waals surface area (Å²) in [5.74, 6) is 0. The summed E-state index contributed by atoms with van der Waals surface area (Å²) in [7, 11) is 0. The van der Waals surface area contributed by atoms with Crippen molar-refractivity contribution in [3.8, 4) is 22.5 Å². The molecule has 0 spiro atoms. The number of aromatic nitrogens is 4. The second-order valence-corrected chi connectivity index (χ2v) is 16.7. The van der Waals surface area contributed by atoms with Crippen LogP contribution in [0.2, 0.25) is 0 Å². The van der Waals surface area contributed by atoms with E-state index >= 15 is 0 Å². The Morgan fingerprint density at radius 3 is 0.870 bits per heavy atom. The number of aryl methyl sites for hydroxylation is 8. The predicted octanol–water partition coefficient (Wildman–Crippen LogP) is 15.4. The maximum absolute atomic E-state index is 5.49. The van der Waals surface area contributed by atoms with E-state index in [1.165, 1.54) is 199 Å². The lowest BCUT2D eigenvalue weighted by molar-refractivity contribution is 0.599. The summed E-state index contributed by atoms with van der Waals surface area (Å²) in [6.45, 7) is 18.1. The maximum Gasteiger partial charge on any atom is 0.0923 e. The highest BCUT2D eigenvalue weighted by atomic mass is 14.9. The molecule has 0 aliphatic carbocycles. The summed E-state index contributed by atoms with van der Waals surface area (Å²) in [6.07, 6.45) is 35.1. The van der Waals surface area contributed by atoms with Crippen molar-refractivity contribution < 1.29 is 0 Å². The van der Waals surface area contributed by atoms with Gasteiger partial charge in [0.05, 0.1) is 45.6 Å². The highest BCUT2D eigenvalue weighted by Crippen LogP contribution is 2.35. The van der Waals surface area contributed by atoms with Gasteiger partial charge in [-0.3, -0.25) is 9.97 Å². The van der Waals surface area contributed by atoms with Crippen LogP contribution in [0.4, 0.5) is 0 Å². The van der Waals surface area contributed by atoms with Crippen molar-refractivity contribution in [3.05, 3.63) is 57.4 Å². The zero-order valence-electron chi connectivity index (χ0n) is 36.7. The Kier molecular flexibility index (Phi) is 22.9. The van der Waals surface area contributed by atoms with Gasteiger partial charge in [-0.1, -0.05) is 156 Å². The number of hydrogen-bond acceptors (Lipinski definition) is 4. The Morgan fingerprint density at radius 1 is 0.315 bits per heavy atom. The lowest BCUT2D eigenvalue weighted by Crippen LogP contribution is -2.08. The third-order valence-electron chi connectivity index (χ3n) is 11.6. The number of rotatable bonds is 30. The highest BCUT2D eigenvalue weighted by Gasteiger charge is 2.20. The van der Waals surface area contributed by atoms with E-state index in [2.05, 4.69) is 67.5 Å². The number of benzene rings is 1. The first-order valence-electron chi connectivity index (χ1n) is 23.2. The van der Waals surface area contributed by atoms with Crippen molar-refractivity contribution in [2.24, 2.45) is 0 Å². The third-order valence-corrected chi connectivity index (χ3v) is 11.6. The normalized spacial score (nSPS) is 11.6. The van der Waals surface area contributed by atoms with E-state index in [-0.39, 0.29) is 0 Å². The van der Waals surface area contributed by atoms with Gasteiger partial charge in [0.15, 0.2) is 0 Å². The average Bonchev–Trinajstić information content (AvgIpc) is 3.16. The van der Waals surface area contributed by atoms with E-state index in [1.54, 1.807) is 0 Å². The molecule has 0 bridgehead atoms. The molecule has 0 saturated carbocycles. The zero-order chi connectivity index (χ0) is 39.0. The van der Waals surface area contributed by atoms with Crippen LogP contribution in [0.3, 0.4) is 0 Å². The first-order valence-corrected chi connectivity index (χ1v) is 23.2. The zero-order valence-corrected chi connectivity index (χ0v) is 36.7. The fraction of sp³-hybridized carbons (Fsp3) is 0.720. The predicted molar refractivity (Wildman–Crippen MR) is 236 cm³/mol. The largest absolute Gasteiger partial charge is 0.254 e. The molecular weight excluding hydrogens is 657 g/mol. The second kappa shape index (κ2) is 27.1. The molecule has 0 unspecified atom stereocenters. The monoisotopic (exact) mass is 739 g/mol. The molecular formula is C50H82N4. The van der Waals surface area contributed by atoms with Gasteiger partial charge >= 0.3 is 0 Å². The van der Waals surface area contributed by atoms with Gasteiger partial charge < -0.3 is 0 Å². The maximum atomic E-state index is 5.49. The highest BCUT2D eigenvalue weighted by molar-refractivity contribution is 5.75. The fourth-order valence-corrected chi connectivity index (χ4v) is 8.07. The molecule has 1 aromatic carbocycles. The summed E-state index contributed by atoms with van der Waals surface area (Å²) in [6, 6.07) is 4.82. The van der Waals surface area contributed by atoms with Crippen molar-refractivity contribution in [3.63, 3.8) is 0 Å². The molecule has 0 radical (unpaired) electrons. The van der Waals surface area contributed by atoms with Crippen LogP contribution in [-0.2, 0) is 25.7 Å². The first kappa shape index (κ1) is 45.8. The van der Waals surface area contributed by atoms with Crippen LogP contribution >= 0.6 is 0 Å². The van der Waals surface area contributed by atoms with Gasteiger partial charge in [-0.25, -0.2) is 9.97 Å². The van der Waals surface area contributed by atoms with Crippen molar-refractivity contribution >= 4 is 0 Å². The van der Waals surface area contributed by atoms with Crippen LogP contribution in [0.1, 0.15) is 227 Å². The molecule has 0 fully saturated rings. The Bertz CT molecular complexity index is 1360. The molecule has 302 valence electrons. The van der Waals surface area contributed by atoms with Crippen LogP contribution in [0.15, 0.2) is 12.1 Å². The second-order valence-electron chi connectivity index (χ2n) is 16.7. The van der Waals surface area contributed by atoms with Crippen LogP contribution in [0, 0.1) is 27.7 Å². The smallest absolute Gasteiger partial charge is 0.0923 e. The van der Waals surface area contributed by atoms with E-state index in [4.69, 9.17) is 19.9 Å². The van der Waals surface area contributed by atoms with Gasteiger partial charge in [-0.2, -0.15) is 0 Å². The Labute approximate surface area is 334 Å². The van der Waals surface area contributed by atoms with E-state index in [0.29, 0.717) is 0 Å². The molecule has 2 aromatic heterocycles. The number of unbranched alkanes of at least 4 members (excludes halogenated alkanes) is 20. The van der Waals surface area contributed by atoms with Crippen LogP contribution < -0.4 is 0 Å².